The number of halogens is 4. The van der Waals surface area contributed by atoms with Gasteiger partial charge in [-0.1, -0.05) is 41.9 Å². The van der Waals surface area contributed by atoms with E-state index in [1.807, 2.05) is 30.3 Å². The molecule has 0 aromatic heterocycles. The van der Waals surface area contributed by atoms with Crippen LogP contribution in [0.1, 0.15) is 12.0 Å². The van der Waals surface area contributed by atoms with E-state index in [2.05, 4.69) is 5.32 Å². The Morgan fingerprint density at radius 3 is 2.52 bits per heavy atom. The summed E-state index contributed by atoms with van der Waals surface area (Å²) in [7, 11) is 0. The van der Waals surface area contributed by atoms with Crippen molar-refractivity contribution < 1.29 is 22.7 Å². The summed E-state index contributed by atoms with van der Waals surface area (Å²) in [5, 5.41) is 2.75. The van der Waals surface area contributed by atoms with Crippen LogP contribution >= 0.6 is 11.6 Å². The number of nitrogens with zero attached hydrogens (tertiary/aromatic N) is 1. The number of hydrogen-bond acceptors (Lipinski definition) is 3. The van der Waals surface area contributed by atoms with Crippen LogP contribution in [0.2, 0.25) is 5.02 Å². The number of carbonyl (C=O) groups is 1. The normalized spacial score (nSPS) is 18.4. The van der Waals surface area contributed by atoms with E-state index in [-0.39, 0.29) is 12.5 Å². The molecule has 2 unspecified atom stereocenters. The van der Waals surface area contributed by atoms with E-state index < -0.39 is 18.4 Å². The van der Waals surface area contributed by atoms with Crippen molar-refractivity contribution in [2.45, 2.75) is 25.1 Å². The molecule has 0 radical (unpaired) electrons. The number of alkyl halides is 3. The highest BCUT2D eigenvalue weighted by molar-refractivity contribution is 6.30. The lowest BCUT2D eigenvalue weighted by Crippen LogP contribution is -2.44. The van der Waals surface area contributed by atoms with Crippen LogP contribution in [0, 0.1) is 5.92 Å². The van der Waals surface area contributed by atoms with E-state index in [4.69, 9.17) is 16.3 Å². The van der Waals surface area contributed by atoms with Gasteiger partial charge in [0, 0.05) is 23.8 Å². The number of hydrogen-bond donors (Lipinski definition) is 1. The molecule has 1 saturated heterocycles. The number of amides is 1. The zero-order valence-corrected chi connectivity index (χ0v) is 16.4. The zero-order chi connectivity index (χ0) is 20.9. The van der Waals surface area contributed by atoms with Gasteiger partial charge < -0.3 is 4.74 Å². The van der Waals surface area contributed by atoms with Gasteiger partial charge >= 0.3 is 12.3 Å². The molecule has 2 atom stereocenters. The first-order chi connectivity index (χ1) is 13.8. The molecule has 0 spiro atoms. The van der Waals surface area contributed by atoms with Crippen LogP contribution in [0.4, 0.5) is 23.7 Å². The molecule has 156 valence electrons. The lowest BCUT2D eigenvalue weighted by Gasteiger charge is -2.25. The molecule has 1 aliphatic rings. The van der Waals surface area contributed by atoms with E-state index in [1.165, 1.54) is 29.8 Å². The van der Waals surface area contributed by atoms with Gasteiger partial charge in [0.1, 0.15) is 0 Å². The van der Waals surface area contributed by atoms with E-state index in [0.717, 1.165) is 12.8 Å². The smallest absolute Gasteiger partial charge is 0.426 e. The second-order valence-electron chi connectivity index (χ2n) is 7.17. The van der Waals surface area contributed by atoms with E-state index >= 15 is 0 Å². The Labute approximate surface area is 172 Å². The molecule has 0 saturated carbocycles. The number of anilines is 1. The number of nitrogens with one attached hydrogen (secondary N) is 1. The van der Waals surface area contributed by atoms with Gasteiger partial charge in [0.15, 0.2) is 0 Å². The van der Waals surface area contributed by atoms with Gasteiger partial charge in [0.05, 0.1) is 0 Å². The molecule has 1 heterocycles. The van der Waals surface area contributed by atoms with Crippen molar-refractivity contribution in [2.75, 3.05) is 25.0 Å². The van der Waals surface area contributed by atoms with Gasteiger partial charge in [-0.05, 0) is 55.1 Å². The molecule has 0 aliphatic carbocycles. The van der Waals surface area contributed by atoms with E-state index in [1.54, 1.807) is 4.90 Å². The Morgan fingerprint density at radius 2 is 1.86 bits per heavy atom. The predicted octanol–water partition coefficient (Wildman–Crippen LogP) is 5.38. The number of rotatable bonds is 6. The van der Waals surface area contributed by atoms with Crippen LogP contribution < -0.4 is 5.32 Å². The number of likely N-dealkylation sites (tertiary alicyclic amines) is 1. The molecular formula is C21H22ClF3N2O2. The van der Waals surface area contributed by atoms with Gasteiger partial charge in [-0.25, -0.2) is 4.79 Å². The Morgan fingerprint density at radius 1 is 1.17 bits per heavy atom. The van der Waals surface area contributed by atoms with Crippen LogP contribution in [-0.4, -0.2) is 42.9 Å². The van der Waals surface area contributed by atoms with Gasteiger partial charge in [0.25, 0.3) is 0 Å². The summed E-state index contributed by atoms with van der Waals surface area (Å²) < 4.78 is 45.0. The molecule has 1 fully saturated rings. The summed E-state index contributed by atoms with van der Waals surface area (Å²) in [5.41, 5.74) is 1.48. The monoisotopic (exact) mass is 426 g/mol. The average molecular weight is 427 g/mol. The maximum atomic E-state index is 13.4. The van der Waals surface area contributed by atoms with Crippen LogP contribution in [-0.2, 0) is 11.2 Å². The molecule has 1 N–H and O–H groups in total. The second kappa shape index (κ2) is 9.50. The van der Waals surface area contributed by atoms with Crippen molar-refractivity contribution in [3.8, 4) is 0 Å². The fourth-order valence-corrected chi connectivity index (χ4v) is 3.57. The number of benzene rings is 2. The van der Waals surface area contributed by atoms with Gasteiger partial charge in [-0.2, -0.15) is 13.2 Å². The summed E-state index contributed by atoms with van der Waals surface area (Å²) in [6, 6.07) is 15.9. The Balaban J connectivity index is 1.54. The third-order valence-electron chi connectivity index (χ3n) is 4.87. The van der Waals surface area contributed by atoms with Crippen molar-refractivity contribution in [1.82, 2.24) is 4.90 Å². The first-order valence-corrected chi connectivity index (χ1v) is 9.73. The first-order valence-electron chi connectivity index (χ1n) is 9.36. The Hall–Kier alpha value is -2.25. The molecule has 0 bridgehead atoms. The van der Waals surface area contributed by atoms with Crippen LogP contribution in [0.3, 0.4) is 0 Å². The topological polar surface area (TPSA) is 41.6 Å². The minimum Gasteiger partial charge on any atom is -0.435 e. The van der Waals surface area contributed by atoms with Crippen molar-refractivity contribution in [2.24, 2.45) is 5.92 Å². The predicted molar refractivity (Wildman–Crippen MR) is 106 cm³/mol. The van der Waals surface area contributed by atoms with Crippen molar-refractivity contribution >= 4 is 23.4 Å². The Kier molecular flexibility index (Phi) is 7.03. The summed E-state index contributed by atoms with van der Waals surface area (Å²) in [6.07, 6.45) is -6.34. The molecular weight excluding hydrogens is 405 g/mol. The maximum Gasteiger partial charge on any atom is 0.426 e. The molecule has 2 aromatic rings. The van der Waals surface area contributed by atoms with Crippen LogP contribution in [0.5, 0.6) is 0 Å². The van der Waals surface area contributed by atoms with Crippen LogP contribution in [0.15, 0.2) is 54.6 Å². The lowest BCUT2D eigenvalue weighted by molar-refractivity contribution is -0.206. The lowest BCUT2D eigenvalue weighted by atomic mass is 9.99. The van der Waals surface area contributed by atoms with E-state index in [0.29, 0.717) is 23.8 Å². The van der Waals surface area contributed by atoms with Crippen LogP contribution in [0.25, 0.3) is 0 Å². The van der Waals surface area contributed by atoms with Crippen molar-refractivity contribution in [3.05, 3.63) is 65.2 Å². The zero-order valence-electron chi connectivity index (χ0n) is 15.7. The maximum absolute atomic E-state index is 13.4. The minimum absolute atomic E-state index is 0.286. The highest BCUT2D eigenvalue weighted by Gasteiger charge is 2.44. The molecule has 8 heteroatoms. The largest absolute Gasteiger partial charge is 0.435 e. The summed E-state index contributed by atoms with van der Waals surface area (Å²) in [6.45, 7) is 0.721. The number of ether oxygens (including phenoxy) is 1. The van der Waals surface area contributed by atoms with Gasteiger partial charge in [0.2, 0.25) is 6.10 Å². The molecule has 4 nitrogen and oxygen atoms in total. The summed E-state index contributed by atoms with van der Waals surface area (Å²) in [4.78, 5) is 13.7. The second-order valence-corrected chi connectivity index (χ2v) is 7.61. The molecule has 3 rings (SSSR count). The molecule has 2 aromatic carbocycles. The molecule has 1 aliphatic heterocycles. The fraction of sp³-hybridized carbons (Fsp3) is 0.381. The van der Waals surface area contributed by atoms with Gasteiger partial charge in [-0.3, -0.25) is 10.2 Å². The van der Waals surface area contributed by atoms with Gasteiger partial charge in [-0.15, -0.1) is 0 Å². The standard InChI is InChI=1S/C21H22ClF3N2O2/c22-17-6-8-18(9-7-17)26-20(28)29-19(21(23,24)25)14-27-11-10-16(13-27)12-15-4-2-1-3-5-15/h1-9,16,19H,10-14H2,(H,26,28). The third-order valence-corrected chi connectivity index (χ3v) is 5.12. The molecule has 29 heavy (non-hydrogen) atoms. The third kappa shape index (κ3) is 6.65. The highest BCUT2D eigenvalue weighted by Crippen LogP contribution is 2.27. The summed E-state index contributed by atoms with van der Waals surface area (Å²) in [5.74, 6) is 0.286. The Bertz CT molecular complexity index is 800. The number of carbonyl (C=O) groups excluding carboxylic acids is 1. The summed E-state index contributed by atoms with van der Waals surface area (Å²) >= 11 is 5.75. The minimum atomic E-state index is -4.64. The van der Waals surface area contributed by atoms with Crippen molar-refractivity contribution in [3.63, 3.8) is 0 Å². The van der Waals surface area contributed by atoms with E-state index in [9.17, 15) is 18.0 Å². The first kappa shape index (κ1) is 21.5. The average Bonchev–Trinajstić information content (AvgIpc) is 3.10. The molecule has 1 amide bonds. The van der Waals surface area contributed by atoms with Crippen molar-refractivity contribution in [1.29, 1.82) is 0 Å². The highest BCUT2D eigenvalue weighted by atomic mass is 35.5. The fourth-order valence-electron chi connectivity index (χ4n) is 3.44. The quantitative estimate of drug-likeness (QED) is 0.673. The SMILES string of the molecule is O=C(Nc1ccc(Cl)cc1)OC(CN1CCC(Cc2ccccc2)C1)C(F)(F)F.